The lowest BCUT2D eigenvalue weighted by Crippen LogP contribution is -2.11. The van der Waals surface area contributed by atoms with Crippen molar-refractivity contribution in [2.45, 2.75) is 20.4 Å². The Balaban J connectivity index is 2.10. The van der Waals surface area contributed by atoms with E-state index in [2.05, 4.69) is 37.4 Å². The van der Waals surface area contributed by atoms with Crippen LogP contribution in [0.15, 0.2) is 42.5 Å². The van der Waals surface area contributed by atoms with Crippen molar-refractivity contribution >= 4 is 11.6 Å². The van der Waals surface area contributed by atoms with E-state index in [1.54, 1.807) is 12.1 Å². The number of anilines is 1. The summed E-state index contributed by atoms with van der Waals surface area (Å²) in [7, 11) is 0. The van der Waals surface area contributed by atoms with E-state index in [-0.39, 0.29) is 0 Å². The molecule has 2 aromatic rings. The fraction of sp³-hybridized carbons (Fsp3) is 0.188. The molecule has 0 bridgehead atoms. The van der Waals surface area contributed by atoms with Crippen LogP contribution in [-0.2, 0) is 6.54 Å². The van der Waals surface area contributed by atoms with Gasteiger partial charge in [0.25, 0.3) is 0 Å². The molecule has 0 fully saturated rings. The van der Waals surface area contributed by atoms with Crippen molar-refractivity contribution in [1.82, 2.24) is 0 Å². The lowest BCUT2D eigenvalue weighted by atomic mass is 10.1. The third kappa shape index (κ3) is 3.58. The van der Waals surface area contributed by atoms with E-state index in [9.17, 15) is 4.79 Å². The number of nitrogens with two attached hydrogens (primary N) is 1. The Morgan fingerprint density at radius 1 is 1.11 bits per heavy atom. The molecular weight excluding hydrogens is 236 g/mol. The SMILES string of the molecule is Cc1cc(C)cc(CNc2cccc(C(N)=O)c2)c1. The van der Waals surface area contributed by atoms with Gasteiger partial charge in [-0.15, -0.1) is 0 Å². The molecule has 0 aromatic heterocycles. The Bertz CT molecular complexity index is 585. The van der Waals surface area contributed by atoms with Crippen LogP contribution in [-0.4, -0.2) is 5.91 Å². The highest BCUT2D eigenvalue weighted by molar-refractivity contribution is 5.93. The number of aryl methyl sites for hydroxylation is 2. The van der Waals surface area contributed by atoms with E-state index >= 15 is 0 Å². The second-order valence-corrected chi connectivity index (χ2v) is 4.79. The topological polar surface area (TPSA) is 55.1 Å². The average Bonchev–Trinajstić information content (AvgIpc) is 2.35. The van der Waals surface area contributed by atoms with Gasteiger partial charge in [0.15, 0.2) is 0 Å². The van der Waals surface area contributed by atoms with Gasteiger partial charge >= 0.3 is 0 Å². The fourth-order valence-electron chi connectivity index (χ4n) is 2.16. The minimum atomic E-state index is -0.407. The van der Waals surface area contributed by atoms with Gasteiger partial charge in [-0.3, -0.25) is 4.79 Å². The highest BCUT2D eigenvalue weighted by atomic mass is 16.1. The van der Waals surface area contributed by atoms with Gasteiger partial charge in [-0.1, -0.05) is 35.4 Å². The molecule has 98 valence electrons. The highest BCUT2D eigenvalue weighted by Gasteiger charge is 2.01. The van der Waals surface area contributed by atoms with Crippen LogP contribution in [0.5, 0.6) is 0 Å². The van der Waals surface area contributed by atoms with E-state index in [1.165, 1.54) is 16.7 Å². The summed E-state index contributed by atoms with van der Waals surface area (Å²) in [4.78, 5) is 11.1. The van der Waals surface area contributed by atoms with E-state index in [0.717, 1.165) is 12.2 Å². The molecule has 0 heterocycles. The number of amides is 1. The Morgan fingerprint density at radius 3 is 2.42 bits per heavy atom. The molecule has 0 radical (unpaired) electrons. The number of primary amides is 1. The molecule has 3 N–H and O–H groups in total. The van der Waals surface area contributed by atoms with E-state index in [1.807, 2.05) is 12.1 Å². The molecule has 0 unspecified atom stereocenters. The van der Waals surface area contributed by atoms with Crippen molar-refractivity contribution in [2.75, 3.05) is 5.32 Å². The quantitative estimate of drug-likeness (QED) is 0.881. The first-order valence-corrected chi connectivity index (χ1v) is 6.25. The number of nitrogens with one attached hydrogen (secondary N) is 1. The summed E-state index contributed by atoms with van der Waals surface area (Å²) < 4.78 is 0. The van der Waals surface area contributed by atoms with Gasteiger partial charge in [0.05, 0.1) is 0 Å². The Hall–Kier alpha value is -2.29. The van der Waals surface area contributed by atoms with Crippen LogP contribution in [0.1, 0.15) is 27.0 Å². The molecule has 0 aliphatic carbocycles. The molecule has 19 heavy (non-hydrogen) atoms. The molecule has 2 rings (SSSR count). The number of carbonyl (C=O) groups is 1. The largest absolute Gasteiger partial charge is 0.381 e. The van der Waals surface area contributed by atoms with Crippen LogP contribution >= 0.6 is 0 Å². The van der Waals surface area contributed by atoms with Gasteiger partial charge in [-0.25, -0.2) is 0 Å². The maximum Gasteiger partial charge on any atom is 0.248 e. The molecule has 0 atom stereocenters. The normalized spacial score (nSPS) is 10.2. The predicted molar refractivity (Wildman–Crippen MR) is 78.2 cm³/mol. The number of rotatable bonds is 4. The van der Waals surface area contributed by atoms with Crippen LogP contribution < -0.4 is 11.1 Å². The average molecular weight is 254 g/mol. The first kappa shape index (κ1) is 13.1. The number of benzene rings is 2. The third-order valence-electron chi connectivity index (χ3n) is 2.93. The van der Waals surface area contributed by atoms with Gasteiger partial charge in [0, 0.05) is 17.8 Å². The van der Waals surface area contributed by atoms with Crippen LogP contribution in [0, 0.1) is 13.8 Å². The third-order valence-corrected chi connectivity index (χ3v) is 2.93. The van der Waals surface area contributed by atoms with E-state index < -0.39 is 5.91 Å². The van der Waals surface area contributed by atoms with Crippen LogP contribution in [0.3, 0.4) is 0 Å². The molecule has 0 aliphatic rings. The molecule has 0 spiro atoms. The standard InChI is InChI=1S/C16H18N2O/c1-11-6-12(2)8-13(7-11)10-18-15-5-3-4-14(9-15)16(17)19/h3-9,18H,10H2,1-2H3,(H2,17,19). The van der Waals surface area contributed by atoms with Gasteiger partial charge in [0.1, 0.15) is 0 Å². The predicted octanol–water partition coefficient (Wildman–Crippen LogP) is 3.01. The molecule has 0 aliphatic heterocycles. The summed E-state index contributed by atoms with van der Waals surface area (Å²) in [6.07, 6.45) is 0. The summed E-state index contributed by atoms with van der Waals surface area (Å²) >= 11 is 0. The smallest absolute Gasteiger partial charge is 0.248 e. The van der Waals surface area contributed by atoms with Gasteiger partial charge in [-0.2, -0.15) is 0 Å². The Morgan fingerprint density at radius 2 is 1.79 bits per heavy atom. The first-order valence-electron chi connectivity index (χ1n) is 6.25. The second kappa shape index (κ2) is 5.57. The van der Waals surface area contributed by atoms with Crippen molar-refractivity contribution in [3.05, 3.63) is 64.7 Å². The molecule has 0 saturated heterocycles. The summed E-state index contributed by atoms with van der Waals surface area (Å²) in [5.74, 6) is -0.407. The number of carbonyl (C=O) groups excluding carboxylic acids is 1. The zero-order chi connectivity index (χ0) is 13.8. The van der Waals surface area contributed by atoms with E-state index in [0.29, 0.717) is 5.56 Å². The maximum atomic E-state index is 11.1. The highest BCUT2D eigenvalue weighted by Crippen LogP contribution is 2.14. The van der Waals surface area contributed by atoms with Crippen molar-refractivity contribution in [1.29, 1.82) is 0 Å². The zero-order valence-corrected chi connectivity index (χ0v) is 11.2. The van der Waals surface area contributed by atoms with Crippen molar-refractivity contribution in [2.24, 2.45) is 5.73 Å². The van der Waals surface area contributed by atoms with E-state index in [4.69, 9.17) is 5.73 Å². The number of hydrogen-bond donors (Lipinski definition) is 2. The van der Waals surface area contributed by atoms with Crippen LogP contribution in [0.4, 0.5) is 5.69 Å². The summed E-state index contributed by atoms with van der Waals surface area (Å²) in [5, 5.41) is 3.30. The number of hydrogen-bond acceptors (Lipinski definition) is 2. The lowest BCUT2D eigenvalue weighted by Gasteiger charge is -2.09. The van der Waals surface area contributed by atoms with Crippen molar-refractivity contribution in [3.63, 3.8) is 0 Å². The molecular formula is C16H18N2O. The Kier molecular flexibility index (Phi) is 3.85. The zero-order valence-electron chi connectivity index (χ0n) is 11.2. The summed E-state index contributed by atoms with van der Waals surface area (Å²) in [5.41, 5.74) is 10.4. The summed E-state index contributed by atoms with van der Waals surface area (Å²) in [6, 6.07) is 13.7. The summed E-state index contributed by atoms with van der Waals surface area (Å²) in [6.45, 7) is 4.90. The molecule has 0 saturated carbocycles. The molecule has 3 nitrogen and oxygen atoms in total. The lowest BCUT2D eigenvalue weighted by molar-refractivity contribution is 0.100. The van der Waals surface area contributed by atoms with Crippen molar-refractivity contribution in [3.8, 4) is 0 Å². The molecule has 3 heteroatoms. The molecule has 2 aromatic carbocycles. The maximum absolute atomic E-state index is 11.1. The van der Waals surface area contributed by atoms with Gasteiger partial charge < -0.3 is 11.1 Å². The van der Waals surface area contributed by atoms with Gasteiger partial charge in [0.2, 0.25) is 5.91 Å². The van der Waals surface area contributed by atoms with Gasteiger partial charge in [-0.05, 0) is 37.6 Å². The fourth-order valence-corrected chi connectivity index (χ4v) is 2.16. The minimum absolute atomic E-state index is 0.407. The van der Waals surface area contributed by atoms with Crippen LogP contribution in [0.25, 0.3) is 0 Å². The van der Waals surface area contributed by atoms with Crippen LogP contribution in [0.2, 0.25) is 0 Å². The minimum Gasteiger partial charge on any atom is -0.381 e. The monoisotopic (exact) mass is 254 g/mol. The Labute approximate surface area is 113 Å². The molecule has 1 amide bonds. The first-order chi connectivity index (χ1) is 9.04. The second-order valence-electron chi connectivity index (χ2n) is 4.79. The van der Waals surface area contributed by atoms with Crippen molar-refractivity contribution < 1.29 is 4.79 Å².